The van der Waals surface area contributed by atoms with E-state index in [1.54, 1.807) is 17.5 Å². The van der Waals surface area contributed by atoms with Crippen LogP contribution in [0.5, 0.6) is 0 Å². The Hall–Kier alpha value is -2.14. The maximum Gasteiger partial charge on any atom is 0.224 e. The second-order valence-electron chi connectivity index (χ2n) is 4.60. The molecule has 4 nitrogen and oxygen atoms in total. The topological polar surface area (TPSA) is 57.8 Å². The highest BCUT2D eigenvalue weighted by Gasteiger charge is 2.10. The molecule has 0 aliphatic rings. The molecule has 3 aromatic rings. The van der Waals surface area contributed by atoms with Crippen LogP contribution in [0.4, 0.5) is 5.69 Å². The molecule has 3 heterocycles. The number of H-pyrrole nitrogens is 1. The fraction of sp³-hybridized carbons (Fsp3) is 0.200. The summed E-state index contributed by atoms with van der Waals surface area (Å²) < 4.78 is 0. The lowest BCUT2D eigenvalue weighted by molar-refractivity contribution is -0.116. The summed E-state index contributed by atoms with van der Waals surface area (Å²) in [5, 5.41) is 5.99. The van der Waals surface area contributed by atoms with Gasteiger partial charge in [0.25, 0.3) is 0 Å². The lowest BCUT2D eigenvalue weighted by Gasteiger charge is -1.99. The van der Waals surface area contributed by atoms with Crippen molar-refractivity contribution < 1.29 is 4.79 Å². The van der Waals surface area contributed by atoms with Gasteiger partial charge in [0, 0.05) is 40.0 Å². The molecule has 102 valence electrons. The summed E-state index contributed by atoms with van der Waals surface area (Å²) in [6.45, 7) is 2.00. The monoisotopic (exact) mass is 285 g/mol. The zero-order valence-corrected chi connectivity index (χ0v) is 12.0. The third-order valence-corrected chi connectivity index (χ3v) is 4.04. The average molecular weight is 285 g/mol. The van der Waals surface area contributed by atoms with Crippen LogP contribution < -0.4 is 5.32 Å². The zero-order chi connectivity index (χ0) is 13.9. The highest BCUT2D eigenvalue weighted by molar-refractivity contribution is 7.14. The number of anilines is 1. The average Bonchev–Trinajstić information content (AvgIpc) is 3.05. The maximum atomic E-state index is 11.6. The minimum absolute atomic E-state index is 0.0671. The van der Waals surface area contributed by atoms with Gasteiger partial charge in [0.2, 0.25) is 5.91 Å². The van der Waals surface area contributed by atoms with Gasteiger partial charge in [0.05, 0.1) is 5.69 Å². The summed E-state index contributed by atoms with van der Waals surface area (Å²) >= 11 is 1.62. The summed E-state index contributed by atoms with van der Waals surface area (Å²) in [6, 6.07) is 5.98. The largest absolute Gasteiger partial charge is 0.345 e. The number of hydrogen-bond acceptors (Lipinski definition) is 3. The van der Waals surface area contributed by atoms with Gasteiger partial charge in [-0.05, 0) is 24.6 Å². The van der Waals surface area contributed by atoms with Crippen LogP contribution >= 0.6 is 11.3 Å². The van der Waals surface area contributed by atoms with Gasteiger partial charge in [-0.3, -0.25) is 4.79 Å². The molecule has 1 amide bonds. The number of fused-ring (bicyclic) bond motifs is 1. The molecule has 0 fully saturated rings. The molecular formula is C15H15N3OS. The third-order valence-electron chi connectivity index (χ3n) is 3.08. The summed E-state index contributed by atoms with van der Waals surface area (Å²) in [4.78, 5) is 20.2. The Morgan fingerprint density at radius 1 is 1.50 bits per heavy atom. The number of amides is 1. The van der Waals surface area contributed by atoms with Crippen LogP contribution in [0.25, 0.3) is 21.5 Å². The molecule has 2 N–H and O–H groups in total. The van der Waals surface area contributed by atoms with Crippen LogP contribution in [0.3, 0.4) is 0 Å². The van der Waals surface area contributed by atoms with Crippen molar-refractivity contribution in [2.75, 3.05) is 5.32 Å². The van der Waals surface area contributed by atoms with Crippen molar-refractivity contribution in [3.8, 4) is 10.4 Å². The number of rotatable bonds is 4. The van der Waals surface area contributed by atoms with E-state index in [4.69, 9.17) is 0 Å². The van der Waals surface area contributed by atoms with E-state index in [2.05, 4.69) is 15.3 Å². The van der Waals surface area contributed by atoms with E-state index in [9.17, 15) is 4.79 Å². The molecule has 3 aromatic heterocycles. The molecule has 0 radical (unpaired) electrons. The van der Waals surface area contributed by atoms with Gasteiger partial charge in [-0.1, -0.05) is 6.92 Å². The predicted molar refractivity (Wildman–Crippen MR) is 82.9 cm³/mol. The number of nitrogens with zero attached hydrogens (tertiary/aromatic N) is 1. The van der Waals surface area contributed by atoms with Crippen molar-refractivity contribution in [3.05, 3.63) is 36.0 Å². The molecular weight excluding hydrogens is 270 g/mol. The molecule has 0 saturated carbocycles. The van der Waals surface area contributed by atoms with Crippen LogP contribution in [-0.2, 0) is 4.79 Å². The van der Waals surface area contributed by atoms with E-state index in [-0.39, 0.29) is 5.91 Å². The number of aromatic amines is 1. The second-order valence-corrected chi connectivity index (χ2v) is 5.51. The van der Waals surface area contributed by atoms with E-state index in [1.807, 2.05) is 36.7 Å². The highest BCUT2D eigenvalue weighted by atomic mass is 32.1. The Balaban J connectivity index is 1.88. The summed E-state index contributed by atoms with van der Waals surface area (Å²) in [5.41, 5.74) is 2.86. The molecule has 0 saturated heterocycles. The summed E-state index contributed by atoms with van der Waals surface area (Å²) in [7, 11) is 0. The number of nitrogens with one attached hydrogen (secondary N) is 2. The minimum Gasteiger partial charge on any atom is -0.345 e. The number of thiophene rings is 1. The van der Waals surface area contributed by atoms with E-state index in [1.165, 1.54) is 0 Å². The second kappa shape index (κ2) is 5.46. The standard InChI is InChI=1S/C15H15N3OS/c1-2-4-14(19)18-10-7-13(20-9-10)12-8-17-15-11(12)5-3-6-16-15/h3,5-9H,2,4H2,1H3,(H,16,17)(H,18,19). The number of pyridine rings is 1. The van der Waals surface area contributed by atoms with Crippen LogP contribution in [0.2, 0.25) is 0 Å². The molecule has 0 aliphatic heterocycles. The van der Waals surface area contributed by atoms with E-state index >= 15 is 0 Å². The van der Waals surface area contributed by atoms with Gasteiger partial charge in [-0.2, -0.15) is 0 Å². The third kappa shape index (κ3) is 2.44. The SMILES string of the molecule is CCCC(=O)Nc1csc(-c2c[nH]c3ncccc23)c1. The van der Waals surface area contributed by atoms with Crippen LogP contribution in [-0.4, -0.2) is 15.9 Å². The first-order valence-corrected chi connectivity index (χ1v) is 7.46. The van der Waals surface area contributed by atoms with Crippen LogP contribution in [0.1, 0.15) is 19.8 Å². The minimum atomic E-state index is 0.0671. The zero-order valence-electron chi connectivity index (χ0n) is 11.1. The smallest absolute Gasteiger partial charge is 0.224 e. The first-order chi connectivity index (χ1) is 9.78. The Morgan fingerprint density at radius 3 is 3.25 bits per heavy atom. The lowest BCUT2D eigenvalue weighted by atomic mass is 10.2. The molecule has 0 atom stereocenters. The van der Waals surface area contributed by atoms with Gasteiger partial charge in [0.1, 0.15) is 5.65 Å². The first-order valence-electron chi connectivity index (χ1n) is 6.59. The van der Waals surface area contributed by atoms with Crippen molar-refractivity contribution in [1.29, 1.82) is 0 Å². The molecule has 3 rings (SSSR count). The van der Waals surface area contributed by atoms with Crippen LogP contribution in [0, 0.1) is 0 Å². The highest BCUT2D eigenvalue weighted by Crippen LogP contribution is 2.34. The van der Waals surface area contributed by atoms with Crippen molar-refractivity contribution in [2.45, 2.75) is 19.8 Å². The van der Waals surface area contributed by atoms with Crippen LogP contribution in [0.15, 0.2) is 36.0 Å². The van der Waals surface area contributed by atoms with E-state index in [0.29, 0.717) is 6.42 Å². The van der Waals surface area contributed by atoms with Gasteiger partial charge in [-0.25, -0.2) is 4.98 Å². The molecule has 20 heavy (non-hydrogen) atoms. The predicted octanol–water partition coefficient (Wildman–Crippen LogP) is 4.03. The number of aromatic nitrogens is 2. The summed E-state index contributed by atoms with van der Waals surface area (Å²) in [6.07, 6.45) is 5.15. The van der Waals surface area contributed by atoms with Crippen molar-refractivity contribution in [1.82, 2.24) is 9.97 Å². The Labute approximate surface area is 120 Å². The van der Waals surface area contributed by atoms with Gasteiger partial charge >= 0.3 is 0 Å². The maximum absolute atomic E-state index is 11.6. The molecule has 5 heteroatoms. The van der Waals surface area contributed by atoms with Gasteiger partial charge < -0.3 is 10.3 Å². The van der Waals surface area contributed by atoms with Crippen molar-refractivity contribution >= 4 is 34.0 Å². The molecule has 0 bridgehead atoms. The normalized spacial score (nSPS) is 10.8. The molecule has 0 aliphatic carbocycles. The Bertz CT molecular complexity index is 744. The number of carbonyl (C=O) groups excluding carboxylic acids is 1. The van der Waals surface area contributed by atoms with E-state index in [0.717, 1.165) is 33.6 Å². The van der Waals surface area contributed by atoms with E-state index < -0.39 is 0 Å². The van der Waals surface area contributed by atoms with Crippen molar-refractivity contribution in [3.63, 3.8) is 0 Å². The van der Waals surface area contributed by atoms with Crippen molar-refractivity contribution in [2.24, 2.45) is 0 Å². The quantitative estimate of drug-likeness (QED) is 0.760. The number of hydrogen-bond donors (Lipinski definition) is 2. The molecule has 0 unspecified atom stereocenters. The molecule has 0 aromatic carbocycles. The Kier molecular flexibility index (Phi) is 3.52. The first kappa shape index (κ1) is 12.9. The number of carbonyl (C=O) groups is 1. The Morgan fingerprint density at radius 2 is 2.40 bits per heavy atom. The summed E-state index contributed by atoms with van der Waals surface area (Å²) in [5.74, 6) is 0.0671. The fourth-order valence-electron chi connectivity index (χ4n) is 2.15. The molecule has 0 spiro atoms. The fourth-order valence-corrected chi connectivity index (χ4v) is 3.03. The van der Waals surface area contributed by atoms with Gasteiger partial charge in [-0.15, -0.1) is 11.3 Å². The van der Waals surface area contributed by atoms with Gasteiger partial charge in [0.15, 0.2) is 0 Å². The lowest BCUT2D eigenvalue weighted by Crippen LogP contribution is -2.09.